The van der Waals surface area contributed by atoms with Crippen LogP contribution in [0.25, 0.3) is 0 Å². The number of carbonyl (C=O) groups excluding carboxylic acids is 2. The molecule has 27 heavy (non-hydrogen) atoms. The number of benzene rings is 1. The molecular weight excluding hydrogens is 336 g/mol. The molecule has 6 rings (SSSR count). The normalized spacial score (nSPS) is 37.5. The van der Waals surface area contributed by atoms with Gasteiger partial charge in [-0.25, -0.2) is 4.90 Å². The molecule has 5 aliphatic rings. The van der Waals surface area contributed by atoms with E-state index in [1.54, 1.807) is 0 Å². The number of rotatable bonds is 4. The topological polar surface area (TPSA) is 49.4 Å². The molecule has 1 N–H and O–H groups in total. The zero-order chi connectivity index (χ0) is 18.8. The van der Waals surface area contributed by atoms with Gasteiger partial charge in [0.25, 0.3) is 5.91 Å². The second-order valence-electron chi connectivity index (χ2n) is 9.86. The number of hydrogen-bond acceptors (Lipinski definition) is 3. The van der Waals surface area contributed by atoms with Gasteiger partial charge >= 0.3 is 0 Å². The summed E-state index contributed by atoms with van der Waals surface area (Å²) in [4.78, 5) is 27.2. The molecule has 4 bridgehead atoms. The Morgan fingerprint density at radius 2 is 1.56 bits per heavy atom. The first kappa shape index (κ1) is 17.4. The maximum Gasteiger partial charge on any atom is 0.251 e. The predicted octanol–water partition coefficient (Wildman–Crippen LogP) is 3.74. The van der Waals surface area contributed by atoms with Gasteiger partial charge in [0, 0.05) is 6.54 Å². The third-order valence-corrected chi connectivity index (χ3v) is 7.70. The van der Waals surface area contributed by atoms with Crippen molar-refractivity contribution in [1.82, 2.24) is 5.32 Å². The van der Waals surface area contributed by atoms with Crippen LogP contribution in [0.15, 0.2) is 18.2 Å². The van der Waals surface area contributed by atoms with E-state index in [1.807, 2.05) is 32.0 Å². The monoisotopic (exact) mass is 366 g/mol. The van der Waals surface area contributed by atoms with E-state index in [2.05, 4.69) is 5.32 Å². The Kier molecular flexibility index (Phi) is 3.98. The van der Waals surface area contributed by atoms with E-state index in [9.17, 15) is 9.59 Å². The van der Waals surface area contributed by atoms with Gasteiger partial charge in [0.1, 0.15) is 0 Å². The molecule has 0 radical (unpaired) electrons. The molecule has 0 aromatic heterocycles. The number of amides is 2. The number of nitrogens with zero attached hydrogens (tertiary/aromatic N) is 1. The summed E-state index contributed by atoms with van der Waals surface area (Å²) in [6.07, 6.45) is 8.55. The molecule has 0 unspecified atom stereocenters. The molecule has 4 aliphatic carbocycles. The van der Waals surface area contributed by atoms with Crippen LogP contribution in [0.4, 0.5) is 5.69 Å². The highest BCUT2D eigenvalue weighted by Gasteiger charge is 2.51. The molecule has 144 valence electrons. The lowest BCUT2D eigenvalue weighted by molar-refractivity contribution is -0.121. The summed E-state index contributed by atoms with van der Waals surface area (Å²) < 4.78 is 0. The summed E-state index contributed by atoms with van der Waals surface area (Å²) in [6.45, 7) is 4.85. The van der Waals surface area contributed by atoms with Crippen molar-refractivity contribution >= 4 is 17.5 Å². The van der Waals surface area contributed by atoms with Crippen LogP contribution in [-0.4, -0.2) is 24.4 Å². The number of para-hydroxylation sites is 1. The van der Waals surface area contributed by atoms with Crippen molar-refractivity contribution in [3.63, 3.8) is 0 Å². The van der Waals surface area contributed by atoms with Gasteiger partial charge in [0.05, 0.1) is 18.2 Å². The van der Waals surface area contributed by atoms with Crippen molar-refractivity contribution in [1.29, 1.82) is 0 Å². The van der Waals surface area contributed by atoms with Gasteiger partial charge in [-0.3, -0.25) is 9.59 Å². The Morgan fingerprint density at radius 1 is 1.00 bits per heavy atom. The predicted molar refractivity (Wildman–Crippen MR) is 105 cm³/mol. The molecule has 4 saturated carbocycles. The average molecular weight is 367 g/mol. The fourth-order valence-corrected chi connectivity index (χ4v) is 7.03. The second kappa shape index (κ2) is 6.16. The Hall–Kier alpha value is -1.68. The van der Waals surface area contributed by atoms with E-state index in [1.165, 1.54) is 43.4 Å². The highest BCUT2D eigenvalue weighted by Crippen LogP contribution is 2.59. The highest BCUT2D eigenvalue weighted by atomic mass is 16.2. The first-order chi connectivity index (χ1) is 12.9. The first-order valence-electron chi connectivity index (χ1n) is 10.6. The van der Waals surface area contributed by atoms with Gasteiger partial charge in [0.2, 0.25) is 5.91 Å². The molecule has 1 aromatic rings. The third-order valence-electron chi connectivity index (χ3n) is 7.70. The lowest BCUT2D eigenvalue weighted by Gasteiger charge is -2.57. The molecular formula is C23H30N2O2. The maximum absolute atomic E-state index is 13.1. The van der Waals surface area contributed by atoms with Crippen molar-refractivity contribution in [2.75, 3.05) is 11.4 Å². The van der Waals surface area contributed by atoms with Crippen molar-refractivity contribution in [3.8, 4) is 0 Å². The van der Waals surface area contributed by atoms with Crippen LogP contribution in [0.2, 0.25) is 0 Å². The molecule has 1 atom stereocenters. The van der Waals surface area contributed by atoms with Crippen LogP contribution in [0.5, 0.6) is 0 Å². The zero-order valence-electron chi connectivity index (χ0n) is 16.5. The zero-order valence-corrected chi connectivity index (χ0v) is 16.5. The summed E-state index contributed by atoms with van der Waals surface area (Å²) in [5.41, 5.74) is 3.13. The first-order valence-corrected chi connectivity index (χ1v) is 10.6. The fraction of sp³-hybridized carbons (Fsp3) is 0.652. The molecule has 0 spiro atoms. The summed E-state index contributed by atoms with van der Waals surface area (Å²) in [7, 11) is 0. The van der Waals surface area contributed by atoms with Gasteiger partial charge in [-0.15, -0.1) is 0 Å². The number of hydrogen-bond donors (Lipinski definition) is 1. The van der Waals surface area contributed by atoms with E-state index >= 15 is 0 Å². The molecule has 1 aliphatic heterocycles. The Bertz CT molecular complexity index is 744. The van der Waals surface area contributed by atoms with Crippen LogP contribution in [-0.2, 0) is 9.59 Å². The number of aryl methyl sites for hydroxylation is 2. The summed E-state index contributed by atoms with van der Waals surface area (Å²) in [6, 6.07) is 5.56. The van der Waals surface area contributed by atoms with Crippen molar-refractivity contribution in [2.24, 2.45) is 23.2 Å². The third kappa shape index (κ3) is 2.84. The van der Waals surface area contributed by atoms with Crippen molar-refractivity contribution in [2.45, 2.75) is 64.8 Å². The molecule has 4 heteroatoms. The van der Waals surface area contributed by atoms with Gasteiger partial charge < -0.3 is 5.32 Å². The van der Waals surface area contributed by atoms with Crippen LogP contribution in [0.1, 0.15) is 56.1 Å². The van der Waals surface area contributed by atoms with E-state index in [4.69, 9.17) is 0 Å². The number of nitrogens with one attached hydrogen (secondary N) is 1. The van der Waals surface area contributed by atoms with Crippen molar-refractivity contribution in [3.05, 3.63) is 29.3 Å². The van der Waals surface area contributed by atoms with Crippen molar-refractivity contribution < 1.29 is 9.59 Å². The standard InChI is InChI=1S/C23H30N2O2/c1-14-4-3-5-15(2)21(14)25-20(26)9-19(22(25)27)24-13-23-10-16-6-17(11-23)8-18(7-16)12-23/h3-5,16-19,24H,6-13H2,1-2H3/t16?,17?,18?,19-,23?/m0/s1. The van der Waals surface area contributed by atoms with Gasteiger partial charge in [-0.2, -0.15) is 0 Å². The average Bonchev–Trinajstić information content (AvgIpc) is 2.87. The molecule has 2 amide bonds. The van der Waals surface area contributed by atoms with Gasteiger partial charge in [0.15, 0.2) is 0 Å². The quantitative estimate of drug-likeness (QED) is 0.826. The number of anilines is 1. The van der Waals surface area contributed by atoms with Crippen LogP contribution in [0, 0.1) is 37.0 Å². The van der Waals surface area contributed by atoms with E-state index in [0.717, 1.165) is 41.1 Å². The summed E-state index contributed by atoms with van der Waals surface area (Å²) in [5.74, 6) is 2.59. The van der Waals surface area contributed by atoms with Gasteiger partial charge in [-0.05, 0) is 86.7 Å². The van der Waals surface area contributed by atoms with Crippen LogP contribution < -0.4 is 10.2 Å². The Labute approximate surface area is 161 Å². The molecule has 1 heterocycles. The molecule has 1 aromatic carbocycles. The second-order valence-corrected chi connectivity index (χ2v) is 9.86. The maximum atomic E-state index is 13.1. The van der Waals surface area contributed by atoms with E-state index in [0.29, 0.717) is 11.8 Å². The lowest BCUT2D eigenvalue weighted by Crippen LogP contribution is -2.52. The molecule has 1 saturated heterocycles. The molecule has 4 nitrogen and oxygen atoms in total. The minimum absolute atomic E-state index is 0.0675. The fourth-order valence-electron chi connectivity index (χ4n) is 7.03. The van der Waals surface area contributed by atoms with Crippen LogP contribution >= 0.6 is 0 Å². The highest BCUT2D eigenvalue weighted by molar-refractivity contribution is 6.23. The summed E-state index contributed by atoms with van der Waals surface area (Å²) in [5, 5.41) is 3.55. The Balaban J connectivity index is 1.31. The van der Waals surface area contributed by atoms with E-state index in [-0.39, 0.29) is 17.9 Å². The lowest BCUT2D eigenvalue weighted by atomic mass is 9.49. The summed E-state index contributed by atoms with van der Waals surface area (Å²) >= 11 is 0. The number of carbonyl (C=O) groups is 2. The van der Waals surface area contributed by atoms with E-state index < -0.39 is 0 Å². The smallest absolute Gasteiger partial charge is 0.251 e. The van der Waals surface area contributed by atoms with Crippen LogP contribution in [0.3, 0.4) is 0 Å². The Morgan fingerprint density at radius 3 is 2.11 bits per heavy atom. The largest absolute Gasteiger partial charge is 0.305 e. The minimum atomic E-state index is -0.357. The minimum Gasteiger partial charge on any atom is -0.305 e. The number of imide groups is 1. The van der Waals surface area contributed by atoms with Gasteiger partial charge in [-0.1, -0.05) is 18.2 Å². The SMILES string of the molecule is Cc1cccc(C)c1N1C(=O)C[C@H](NCC23CC4CC(CC(C4)C2)C3)C1=O. The molecule has 5 fully saturated rings.